The standard InChI is InChI=1S/C36H39Cl2N3O4S/c1-4-5-21-39-36(43)34(23-28-13-8-6-9-14-28)40(24-30-31(37)17-12-18-32(30)38)35(42)25-41(33-22-26(2)19-20-27(33)3)46(44,45)29-15-10-7-11-16-29/h6-20,22,34H,4-5,21,23-25H2,1-3H3,(H,39,43). The molecule has 2 amide bonds. The maximum Gasteiger partial charge on any atom is 0.264 e. The van der Waals surface area contributed by atoms with Crippen molar-refractivity contribution in [1.29, 1.82) is 0 Å². The van der Waals surface area contributed by atoms with E-state index in [2.05, 4.69) is 5.32 Å². The zero-order valence-electron chi connectivity index (χ0n) is 26.2. The molecule has 4 aromatic rings. The van der Waals surface area contributed by atoms with Gasteiger partial charge in [-0.1, -0.05) is 103 Å². The quantitative estimate of drug-likeness (QED) is 0.141. The van der Waals surface area contributed by atoms with Crippen molar-refractivity contribution in [3.63, 3.8) is 0 Å². The molecule has 0 aliphatic rings. The Labute approximate surface area is 282 Å². The first-order chi connectivity index (χ1) is 22.0. The molecule has 0 aromatic heterocycles. The molecule has 0 fully saturated rings. The summed E-state index contributed by atoms with van der Waals surface area (Å²) in [6, 6.07) is 26.9. The molecular weight excluding hydrogens is 641 g/mol. The summed E-state index contributed by atoms with van der Waals surface area (Å²) >= 11 is 13.2. The number of carbonyl (C=O) groups excluding carboxylic acids is 2. The highest BCUT2D eigenvalue weighted by molar-refractivity contribution is 7.92. The van der Waals surface area contributed by atoms with Gasteiger partial charge in [-0.15, -0.1) is 0 Å². The van der Waals surface area contributed by atoms with Crippen LogP contribution in [0.15, 0.2) is 102 Å². The van der Waals surface area contributed by atoms with Crippen molar-refractivity contribution in [3.8, 4) is 0 Å². The van der Waals surface area contributed by atoms with E-state index in [0.717, 1.165) is 28.3 Å². The number of hydrogen-bond donors (Lipinski definition) is 1. The van der Waals surface area contributed by atoms with Crippen molar-refractivity contribution in [2.24, 2.45) is 0 Å². The van der Waals surface area contributed by atoms with Crippen LogP contribution in [0.4, 0.5) is 5.69 Å². The summed E-state index contributed by atoms with van der Waals surface area (Å²) in [6.07, 6.45) is 1.84. The van der Waals surface area contributed by atoms with Gasteiger partial charge in [-0.25, -0.2) is 8.42 Å². The van der Waals surface area contributed by atoms with Crippen LogP contribution >= 0.6 is 23.2 Å². The lowest BCUT2D eigenvalue weighted by molar-refractivity contribution is -0.140. The van der Waals surface area contributed by atoms with Crippen LogP contribution in [-0.4, -0.2) is 44.3 Å². The summed E-state index contributed by atoms with van der Waals surface area (Å²) in [5, 5.41) is 3.65. The number of anilines is 1. The second-order valence-electron chi connectivity index (χ2n) is 11.2. The van der Waals surface area contributed by atoms with Crippen LogP contribution in [-0.2, 0) is 32.6 Å². The summed E-state index contributed by atoms with van der Waals surface area (Å²) in [6.45, 7) is 5.46. The Morgan fingerprint density at radius 3 is 2.11 bits per heavy atom. The van der Waals surface area contributed by atoms with Gasteiger partial charge in [0.25, 0.3) is 10.0 Å². The van der Waals surface area contributed by atoms with E-state index in [1.807, 2.05) is 56.3 Å². The van der Waals surface area contributed by atoms with Crippen LogP contribution in [0.5, 0.6) is 0 Å². The van der Waals surface area contributed by atoms with Crippen LogP contribution < -0.4 is 9.62 Å². The van der Waals surface area contributed by atoms with E-state index < -0.39 is 28.5 Å². The number of hydrogen-bond acceptors (Lipinski definition) is 4. The second-order valence-corrected chi connectivity index (χ2v) is 13.9. The van der Waals surface area contributed by atoms with Gasteiger partial charge in [-0.2, -0.15) is 0 Å². The highest BCUT2D eigenvalue weighted by Crippen LogP contribution is 2.30. The van der Waals surface area contributed by atoms with Crippen molar-refractivity contribution in [2.75, 3.05) is 17.4 Å². The van der Waals surface area contributed by atoms with Gasteiger partial charge in [0, 0.05) is 35.1 Å². The number of nitrogens with zero attached hydrogens (tertiary/aromatic N) is 2. The maximum atomic E-state index is 14.6. The molecule has 0 spiro atoms. The first-order valence-electron chi connectivity index (χ1n) is 15.2. The molecule has 46 heavy (non-hydrogen) atoms. The fourth-order valence-electron chi connectivity index (χ4n) is 5.14. The van der Waals surface area contributed by atoms with Crippen molar-refractivity contribution < 1.29 is 18.0 Å². The maximum absolute atomic E-state index is 14.6. The first kappa shape index (κ1) is 35.0. The normalized spacial score (nSPS) is 11.9. The Kier molecular flexibility index (Phi) is 12.3. The minimum Gasteiger partial charge on any atom is -0.354 e. The van der Waals surface area contributed by atoms with Crippen molar-refractivity contribution >= 4 is 50.7 Å². The lowest BCUT2D eigenvalue weighted by Crippen LogP contribution is -2.53. The summed E-state index contributed by atoms with van der Waals surface area (Å²) < 4.78 is 29.6. The molecule has 0 radical (unpaired) electrons. The van der Waals surface area contributed by atoms with Gasteiger partial charge < -0.3 is 10.2 Å². The van der Waals surface area contributed by atoms with Gasteiger partial charge in [-0.05, 0) is 67.3 Å². The zero-order chi connectivity index (χ0) is 33.3. The number of benzene rings is 4. The largest absolute Gasteiger partial charge is 0.354 e. The van der Waals surface area contributed by atoms with E-state index in [4.69, 9.17) is 23.2 Å². The number of halogens is 2. The minimum atomic E-state index is -4.20. The van der Waals surface area contributed by atoms with E-state index in [-0.39, 0.29) is 23.8 Å². The molecule has 4 rings (SSSR count). The lowest BCUT2D eigenvalue weighted by atomic mass is 10.0. The lowest BCUT2D eigenvalue weighted by Gasteiger charge is -2.34. The molecule has 4 aromatic carbocycles. The van der Waals surface area contributed by atoms with Gasteiger partial charge in [0.05, 0.1) is 10.6 Å². The van der Waals surface area contributed by atoms with Crippen molar-refractivity contribution in [2.45, 2.75) is 57.5 Å². The number of nitrogens with one attached hydrogen (secondary N) is 1. The van der Waals surface area contributed by atoms with E-state index >= 15 is 0 Å². The van der Waals surface area contributed by atoms with Crippen molar-refractivity contribution in [1.82, 2.24) is 10.2 Å². The summed E-state index contributed by atoms with van der Waals surface area (Å²) in [5.74, 6) is -0.930. The summed E-state index contributed by atoms with van der Waals surface area (Å²) in [7, 11) is -4.20. The van der Waals surface area contributed by atoms with E-state index in [1.165, 1.54) is 17.0 Å². The smallest absolute Gasteiger partial charge is 0.264 e. The number of sulfonamides is 1. The Bertz CT molecular complexity index is 1730. The molecule has 0 saturated heterocycles. The van der Waals surface area contributed by atoms with Crippen LogP contribution in [0.2, 0.25) is 10.0 Å². The third-order valence-electron chi connectivity index (χ3n) is 7.73. The molecule has 1 atom stereocenters. The molecule has 0 heterocycles. The molecule has 0 aliphatic heterocycles. The predicted octanol–water partition coefficient (Wildman–Crippen LogP) is 7.36. The van der Waals surface area contributed by atoms with Crippen LogP contribution in [0.1, 0.15) is 42.0 Å². The molecule has 0 saturated carbocycles. The summed E-state index contributed by atoms with van der Waals surface area (Å²) in [5.41, 5.74) is 3.18. The average Bonchev–Trinajstić information content (AvgIpc) is 3.04. The third kappa shape index (κ3) is 8.69. The molecule has 1 unspecified atom stereocenters. The highest BCUT2D eigenvalue weighted by Gasteiger charge is 2.35. The van der Waals surface area contributed by atoms with Gasteiger partial charge >= 0.3 is 0 Å². The average molecular weight is 681 g/mol. The van der Waals surface area contributed by atoms with E-state index in [9.17, 15) is 18.0 Å². The Morgan fingerprint density at radius 2 is 1.48 bits per heavy atom. The number of amides is 2. The molecule has 7 nitrogen and oxygen atoms in total. The van der Waals surface area contributed by atoms with Crippen LogP contribution in [0, 0.1) is 13.8 Å². The molecule has 10 heteroatoms. The van der Waals surface area contributed by atoms with Crippen molar-refractivity contribution in [3.05, 3.63) is 129 Å². The van der Waals surface area contributed by atoms with Gasteiger partial charge in [-0.3, -0.25) is 13.9 Å². The number of rotatable bonds is 14. The Balaban J connectivity index is 1.85. The highest BCUT2D eigenvalue weighted by atomic mass is 35.5. The topological polar surface area (TPSA) is 86.8 Å². The Hall–Kier alpha value is -3.85. The molecule has 0 bridgehead atoms. The molecule has 0 aliphatic carbocycles. The summed E-state index contributed by atoms with van der Waals surface area (Å²) in [4.78, 5) is 30.0. The monoisotopic (exact) mass is 679 g/mol. The van der Waals surface area contributed by atoms with E-state index in [1.54, 1.807) is 49.4 Å². The van der Waals surface area contributed by atoms with Gasteiger partial charge in [0.1, 0.15) is 12.6 Å². The predicted molar refractivity (Wildman–Crippen MR) is 186 cm³/mol. The number of aryl methyl sites for hydroxylation is 2. The van der Waals surface area contributed by atoms with Gasteiger partial charge in [0.15, 0.2) is 0 Å². The first-order valence-corrected chi connectivity index (χ1v) is 17.4. The minimum absolute atomic E-state index is 0.0440. The SMILES string of the molecule is CCCCNC(=O)C(Cc1ccccc1)N(Cc1c(Cl)cccc1Cl)C(=O)CN(c1cc(C)ccc1C)S(=O)(=O)c1ccccc1. The third-order valence-corrected chi connectivity index (χ3v) is 10.2. The zero-order valence-corrected chi connectivity index (χ0v) is 28.6. The van der Waals surface area contributed by atoms with Crippen LogP contribution in [0.3, 0.4) is 0 Å². The second kappa shape index (κ2) is 16.1. The fraction of sp³-hybridized carbons (Fsp3) is 0.278. The molecule has 242 valence electrons. The van der Waals surface area contributed by atoms with Crippen LogP contribution in [0.25, 0.3) is 0 Å². The number of unbranched alkanes of at least 4 members (excludes halogenated alkanes) is 1. The van der Waals surface area contributed by atoms with E-state index in [0.29, 0.717) is 33.4 Å². The van der Waals surface area contributed by atoms with Gasteiger partial charge in [0.2, 0.25) is 11.8 Å². The molecular formula is C36H39Cl2N3O4S. The Morgan fingerprint density at radius 1 is 0.848 bits per heavy atom. The number of carbonyl (C=O) groups is 2. The molecule has 1 N–H and O–H groups in total. The fourth-order valence-corrected chi connectivity index (χ4v) is 7.14.